The van der Waals surface area contributed by atoms with E-state index in [1.54, 1.807) is 25.1 Å². The van der Waals surface area contributed by atoms with Gasteiger partial charge in [0.25, 0.3) is 0 Å². The van der Waals surface area contributed by atoms with Crippen molar-refractivity contribution in [2.45, 2.75) is 6.92 Å². The van der Waals surface area contributed by atoms with Gasteiger partial charge < -0.3 is 4.84 Å². The second kappa shape index (κ2) is 7.29. The molecule has 0 aliphatic rings. The fourth-order valence-corrected chi connectivity index (χ4v) is 2.87. The molecule has 27 heavy (non-hydrogen) atoms. The van der Waals surface area contributed by atoms with E-state index in [0.717, 1.165) is 27.6 Å². The Balaban J connectivity index is 2.30. The lowest BCUT2D eigenvalue weighted by molar-refractivity contribution is 0.291. The summed E-state index contributed by atoms with van der Waals surface area (Å²) in [7, 11) is 1.44. The van der Waals surface area contributed by atoms with Crippen LogP contribution >= 0.6 is 11.6 Å². The van der Waals surface area contributed by atoms with Gasteiger partial charge in [-0.05, 0) is 47.2 Å². The highest BCUT2D eigenvalue weighted by Crippen LogP contribution is 2.34. The van der Waals surface area contributed by atoms with Gasteiger partial charge in [0.15, 0.2) is 5.76 Å². The van der Waals surface area contributed by atoms with Crippen molar-refractivity contribution >= 4 is 22.9 Å². The SMILES string of the molecule is C/C(=C(\ON)c1c(Cl)cccc1-n1nnn(C)c1=O)c1cc(F)cc(F)c1. The van der Waals surface area contributed by atoms with Crippen molar-refractivity contribution in [2.75, 3.05) is 0 Å². The van der Waals surface area contributed by atoms with E-state index in [1.807, 2.05) is 0 Å². The number of aromatic nitrogens is 4. The summed E-state index contributed by atoms with van der Waals surface area (Å²) in [6.45, 7) is 1.56. The van der Waals surface area contributed by atoms with Crippen molar-refractivity contribution in [1.29, 1.82) is 0 Å². The Bertz CT molecular complexity index is 1090. The maximum Gasteiger partial charge on any atom is 0.368 e. The van der Waals surface area contributed by atoms with Crippen molar-refractivity contribution in [3.63, 3.8) is 0 Å². The highest BCUT2D eigenvalue weighted by molar-refractivity contribution is 6.33. The third-order valence-electron chi connectivity index (χ3n) is 3.92. The average molecular weight is 394 g/mol. The highest BCUT2D eigenvalue weighted by atomic mass is 35.5. The number of tetrazole rings is 1. The molecule has 0 aliphatic heterocycles. The molecule has 10 heteroatoms. The topological polar surface area (TPSA) is 88.0 Å². The molecule has 2 aromatic carbocycles. The average Bonchev–Trinajstić information content (AvgIpc) is 2.95. The Morgan fingerprint density at radius 3 is 2.41 bits per heavy atom. The van der Waals surface area contributed by atoms with Crippen LogP contribution in [0.1, 0.15) is 18.1 Å². The number of aryl methyl sites for hydroxylation is 1. The Labute approximate surface area is 157 Å². The van der Waals surface area contributed by atoms with Gasteiger partial charge in [0.1, 0.15) is 11.6 Å². The lowest BCUT2D eigenvalue weighted by atomic mass is 10.0. The van der Waals surface area contributed by atoms with E-state index in [-0.39, 0.29) is 27.6 Å². The number of hydrogen-bond acceptors (Lipinski definition) is 5. The van der Waals surface area contributed by atoms with Crippen molar-refractivity contribution in [3.8, 4) is 5.69 Å². The molecule has 1 aromatic heterocycles. The quantitative estimate of drug-likeness (QED) is 0.418. The first-order valence-corrected chi connectivity index (χ1v) is 8.03. The van der Waals surface area contributed by atoms with Gasteiger partial charge in [0, 0.05) is 18.7 Å². The summed E-state index contributed by atoms with van der Waals surface area (Å²) in [6.07, 6.45) is 0. The van der Waals surface area contributed by atoms with E-state index in [4.69, 9.17) is 22.3 Å². The first-order valence-electron chi connectivity index (χ1n) is 7.65. The summed E-state index contributed by atoms with van der Waals surface area (Å²) < 4.78 is 29.3. The van der Waals surface area contributed by atoms with Crippen LogP contribution in [0.25, 0.3) is 17.0 Å². The van der Waals surface area contributed by atoms with Crippen LogP contribution in [0.4, 0.5) is 8.78 Å². The van der Waals surface area contributed by atoms with Crippen molar-refractivity contribution in [1.82, 2.24) is 19.8 Å². The molecule has 0 aliphatic carbocycles. The third-order valence-corrected chi connectivity index (χ3v) is 4.24. The summed E-state index contributed by atoms with van der Waals surface area (Å²) in [5.74, 6) is 3.95. The van der Waals surface area contributed by atoms with E-state index in [9.17, 15) is 13.6 Å². The number of allylic oxidation sites excluding steroid dienone is 1. The molecule has 0 radical (unpaired) electrons. The molecule has 0 amide bonds. The van der Waals surface area contributed by atoms with Crippen molar-refractivity contribution in [3.05, 3.63) is 74.7 Å². The molecule has 0 spiro atoms. The van der Waals surface area contributed by atoms with E-state index in [2.05, 4.69) is 10.4 Å². The summed E-state index contributed by atoms with van der Waals surface area (Å²) in [5.41, 5.74) is 0.459. The summed E-state index contributed by atoms with van der Waals surface area (Å²) in [6, 6.07) is 7.73. The number of rotatable bonds is 4. The van der Waals surface area contributed by atoms with Crippen LogP contribution in [-0.2, 0) is 11.9 Å². The fourth-order valence-electron chi connectivity index (χ4n) is 2.62. The van der Waals surface area contributed by atoms with Crippen LogP contribution in [0.2, 0.25) is 5.02 Å². The number of nitrogens with zero attached hydrogens (tertiary/aromatic N) is 4. The molecular weight excluding hydrogens is 380 g/mol. The molecular formula is C17H14ClF2N5O2. The minimum Gasteiger partial charge on any atom is -0.410 e. The van der Waals surface area contributed by atoms with Crippen molar-refractivity contribution < 1.29 is 13.6 Å². The van der Waals surface area contributed by atoms with Gasteiger partial charge in [-0.3, -0.25) is 0 Å². The molecule has 3 rings (SSSR count). The zero-order chi connectivity index (χ0) is 19.7. The van der Waals surface area contributed by atoms with Crippen LogP contribution in [0.3, 0.4) is 0 Å². The van der Waals surface area contributed by atoms with Gasteiger partial charge in [-0.2, -0.15) is 15.3 Å². The van der Waals surface area contributed by atoms with Crippen LogP contribution < -0.4 is 11.6 Å². The molecule has 1 heterocycles. The Kier molecular flexibility index (Phi) is 5.06. The van der Waals surface area contributed by atoms with Crippen LogP contribution in [0.5, 0.6) is 0 Å². The molecule has 140 valence electrons. The van der Waals surface area contributed by atoms with Crippen LogP contribution in [0.15, 0.2) is 41.2 Å². The normalized spacial score (nSPS) is 12.1. The molecule has 0 atom stereocenters. The number of hydrogen-bond donors (Lipinski definition) is 1. The molecule has 0 bridgehead atoms. The zero-order valence-corrected chi connectivity index (χ0v) is 15.0. The first-order chi connectivity index (χ1) is 12.8. The van der Waals surface area contributed by atoms with Crippen molar-refractivity contribution in [2.24, 2.45) is 12.9 Å². The smallest absolute Gasteiger partial charge is 0.368 e. The molecule has 2 N–H and O–H groups in total. The Hall–Kier alpha value is -3.04. The highest BCUT2D eigenvalue weighted by Gasteiger charge is 2.21. The van der Waals surface area contributed by atoms with Gasteiger partial charge in [0.2, 0.25) is 0 Å². The van der Waals surface area contributed by atoms with E-state index in [1.165, 1.54) is 7.05 Å². The van der Waals surface area contributed by atoms with Crippen LogP contribution in [0, 0.1) is 11.6 Å². The second-order valence-electron chi connectivity index (χ2n) is 5.66. The minimum absolute atomic E-state index is 0.0261. The Morgan fingerprint density at radius 2 is 1.85 bits per heavy atom. The molecule has 7 nitrogen and oxygen atoms in total. The molecule has 0 saturated heterocycles. The van der Waals surface area contributed by atoms with Gasteiger partial charge in [-0.15, -0.1) is 0 Å². The lowest BCUT2D eigenvalue weighted by Crippen LogP contribution is -2.23. The zero-order valence-electron chi connectivity index (χ0n) is 14.3. The van der Waals surface area contributed by atoms with Crippen LogP contribution in [-0.4, -0.2) is 19.8 Å². The Morgan fingerprint density at radius 1 is 1.19 bits per heavy atom. The fraction of sp³-hybridized carbons (Fsp3) is 0.118. The lowest BCUT2D eigenvalue weighted by Gasteiger charge is -2.15. The predicted octanol–water partition coefficient (Wildman–Crippen LogP) is 2.68. The van der Waals surface area contributed by atoms with Gasteiger partial charge in [0.05, 0.1) is 16.3 Å². The van der Waals surface area contributed by atoms with E-state index < -0.39 is 17.3 Å². The number of benzene rings is 2. The monoisotopic (exact) mass is 393 g/mol. The third kappa shape index (κ3) is 3.46. The predicted molar refractivity (Wildman–Crippen MR) is 95.7 cm³/mol. The first kappa shape index (κ1) is 18.7. The molecule has 0 unspecified atom stereocenters. The number of halogens is 3. The van der Waals surface area contributed by atoms with E-state index in [0.29, 0.717) is 5.57 Å². The van der Waals surface area contributed by atoms with Gasteiger partial charge >= 0.3 is 5.69 Å². The maximum atomic E-state index is 13.6. The van der Waals surface area contributed by atoms with E-state index >= 15 is 0 Å². The maximum absolute atomic E-state index is 13.6. The number of nitrogens with two attached hydrogens (primary N) is 1. The molecule has 0 fully saturated rings. The standard InChI is InChI=1S/C17H14ClF2N5O2/c1-9(10-6-11(19)8-12(20)7-10)16(27-21)15-13(18)4-3-5-14(15)25-17(26)24(2)22-23-25/h3-8H,21H2,1-2H3/b16-9+. The summed E-state index contributed by atoms with van der Waals surface area (Å²) in [5, 5.41) is 7.64. The molecule has 3 aromatic rings. The summed E-state index contributed by atoms with van der Waals surface area (Å²) in [4.78, 5) is 17.2. The van der Waals surface area contributed by atoms with Gasteiger partial charge in [-0.25, -0.2) is 13.6 Å². The second-order valence-corrected chi connectivity index (χ2v) is 6.07. The largest absolute Gasteiger partial charge is 0.410 e. The summed E-state index contributed by atoms with van der Waals surface area (Å²) >= 11 is 6.32. The molecule has 0 saturated carbocycles. The minimum atomic E-state index is -0.759. The van der Waals surface area contributed by atoms with Gasteiger partial charge in [-0.1, -0.05) is 17.7 Å².